The van der Waals surface area contributed by atoms with Crippen LogP contribution < -0.4 is 15.8 Å². The van der Waals surface area contributed by atoms with Crippen molar-refractivity contribution < 1.29 is 9.53 Å². The van der Waals surface area contributed by atoms with Crippen LogP contribution in [0.4, 0.5) is 11.5 Å². The molecule has 1 aromatic heterocycles. The molecule has 110 valence electrons. The van der Waals surface area contributed by atoms with Gasteiger partial charge >= 0.3 is 0 Å². The van der Waals surface area contributed by atoms with Gasteiger partial charge in [-0.1, -0.05) is 0 Å². The first-order valence-electron chi connectivity index (χ1n) is 7.01. The van der Waals surface area contributed by atoms with Crippen molar-refractivity contribution in [1.82, 2.24) is 9.88 Å². The number of likely N-dealkylation sites (tertiary alicyclic amines) is 1. The van der Waals surface area contributed by atoms with Gasteiger partial charge in [0.15, 0.2) is 0 Å². The van der Waals surface area contributed by atoms with E-state index in [0.29, 0.717) is 17.4 Å². The molecule has 1 aliphatic heterocycles. The van der Waals surface area contributed by atoms with Crippen LogP contribution in [0.25, 0.3) is 0 Å². The number of hydrogen-bond acceptors (Lipinski definition) is 5. The molecule has 0 unspecified atom stereocenters. The van der Waals surface area contributed by atoms with E-state index in [-0.39, 0.29) is 18.6 Å². The molecule has 0 aromatic carbocycles. The topological polar surface area (TPSA) is 80.5 Å². The Morgan fingerprint density at radius 2 is 2.15 bits per heavy atom. The molecule has 1 aromatic rings. The molecule has 1 saturated heterocycles. The molecule has 20 heavy (non-hydrogen) atoms. The molecule has 3 N–H and O–H groups in total. The van der Waals surface area contributed by atoms with Gasteiger partial charge in [0, 0.05) is 13.1 Å². The van der Waals surface area contributed by atoms with Crippen molar-refractivity contribution in [2.45, 2.75) is 32.8 Å². The molecule has 1 amide bonds. The summed E-state index contributed by atoms with van der Waals surface area (Å²) in [5.74, 6) is 1.11. The van der Waals surface area contributed by atoms with Crippen molar-refractivity contribution >= 4 is 17.4 Å². The standard InChI is InChI=1S/C14H22N4O2/c1-10(2)20-14-11(15)5-6-12(17-14)16-9-13(19)18-7-3-4-8-18/h5-6,10H,3-4,7-9,15H2,1-2H3,(H,16,17). The molecule has 1 aliphatic rings. The van der Waals surface area contributed by atoms with E-state index in [4.69, 9.17) is 10.5 Å². The number of nitrogens with two attached hydrogens (primary N) is 1. The number of pyridine rings is 1. The van der Waals surface area contributed by atoms with Gasteiger partial charge in [0.25, 0.3) is 0 Å². The Kier molecular flexibility index (Phi) is 4.65. The maximum Gasteiger partial charge on any atom is 0.241 e. The molecule has 0 atom stereocenters. The van der Waals surface area contributed by atoms with E-state index in [1.807, 2.05) is 18.7 Å². The maximum absolute atomic E-state index is 11.9. The van der Waals surface area contributed by atoms with Crippen LogP contribution in [0.5, 0.6) is 5.88 Å². The number of amides is 1. The quantitative estimate of drug-likeness (QED) is 0.853. The Morgan fingerprint density at radius 1 is 1.45 bits per heavy atom. The number of carbonyl (C=O) groups excluding carboxylic acids is 1. The Hall–Kier alpha value is -1.98. The van der Waals surface area contributed by atoms with Crippen LogP contribution in [0, 0.1) is 0 Å². The zero-order chi connectivity index (χ0) is 14.5. The minimum absolute atomic E-state index is 0.00582. The minimum Gasteiger partial charge on any atom is -0.473 e. The highest BCUT2D eigenvalue weighted by atomic mass is 16.5. The summed E-state index contributed by atoms with van der Waals surface area (Å²) >= 11 is 0. The Labute approximate surface area is 119 Å². The number of anilines is 2. The minimum atomic E-state index is 0.00582. The Morgan fingerprint density at radius 3 is 2.80 bits per heavy atom. The summed E-state index contributed by atoms with van der Waals surface area (Å²) in [6.07, 6.45) is 2.20. The van der Waals surface area contributed by atoms with E-state index in [1.54, 1.807) is 12.1 Å². The van der Waals surface area contributed by atoms with Crippen molar-refractivity contribution in [2.24, 2.45) is 0 Å². The first kappa shape index (κ1) is 14.4. The summed E-state index contributed by atoms with van der Waals surface area (Å²) in [6, 6.07) is 3.48. The van der Waals surface area contributed by atoms with E-state index >= 15 is 0 Å². The van der Waals surface area contributed by atoms with Crippen LogP contribution in [0.3, 0.4) is 0 Å². The number of rotatable bonds is 5. The molecular weight excluding hydrogens is 256 g/mol. The Bertz CT molecular complexity index is 470. The van der Waals surface area contributed by atoms with Gasteiger partial charge < -0.3 is 20.7 Å². The highest BCUT2D eigenvalue weighted by Crippen LogP contribution is 2.21. The summed E-state index contributed by atoms with van der Waals surface area (Å²) in [4.78, 5) is 18.1. The van der Waals surface area contributed by atoms with E-state index in [0.717, 1.165) is 25.9 Å². The molecule has 6 nitrogen and oxygen atoms in total. The third kappa shape index (κ3) is 3.76. The average Bonchev–Trinajstić information content (AvgIpc) is 2.92. The second-order valence-corrected chi connectivity index (χ2v) is 5.20. The van der Waals surface area contributed by atoms with Crippen LogP contribution >= 0.6 is 0 Å². The molecular formula is C14H22N4O2. The number of ether oxygens (including phenoxy) is 1. The van der Waals surface area contributed by atoms with Crippen LogP contribution in [-0.4, -0.2) is 41.5 Å². The number of nitrogens with one attached hydrogen (secondary N) is 1. The van der Waals surface area contributed by atoms with Gasteiger partial charge in [-0.05, 0) is 38.8 Å². The van der Waals surface area contributed by atoms with Crippen molar-refractivity contribution in [3.63, 3.8) is 0 Å². The largest absolute Gasteiger partial charge is 0.473 e. The van der Waals surface area contributed by atoms with Gasteiger partial charge in [-0.2, -0.15) is 4.98 Å². The second-order valence-electron chi connectivity index (χ2n) is 5.20. The van der Waals surface area contributed by atoms with Crippen LogP contribution in [-0.2, 0) is 4.79 Å². The highest BCUT2D eigenvalue weighted by molar-refractivity contribution is 5.80. The van der Waals surface area contributed by atoms with Crippen LogP contribution in [0.1, 0.15) is 26.7 Å². The predicted molar refractivity (Wildman–Crippen MR) is 78.7 cm³/mol. The van der Waals surface area contributed by atoms with E-state index in [9.17, 15) is 4.79 Å². The molecule has 0 saturated carbocycles. The van der Waals surface area contributed by atoms with Crippen molar-refractivity contribution in [1.29, 1.82) is 0 Å². The number of nitrogens with zero attached hydrogens (tertiary/aromatic N) is 2. The predicted octanol–water partition coefficient (Wildman–Crippen LogP) is 1.49. The first-order valence-corrected chi connectivity index (χ1v) is 7.01. The molecule has 0 spiro atoms. The number of hydrogen-bond donors (Lipinski definition) is 2. The lowest BCUT2D eigenvalue weighted by Gasteiger charge is -2.16. The number of aromatic nitrogens is 1. The summed E-state index contributed by atoms with van der Waals surface area (Å²) in [6.45, 7) is 5.79. The summed E-state index contributed by atoms with van der Waals surface area (Å²) in [5.41, 5.74) is 6.30. The normalized spacial score (nSPS) is 14.7. The molecule has 0 aliphatic carbocycles. The van der Waals surface area contributed by atoms with Crippen LogP contribution in [0.2, 0.25) is 0 Å². The second kappa shape index (κ2) is 6.45. The number of nitrogen functional groups attached to an aromatic ring is 1. The Balaban J connectivity index is 1.93. The lowest BCUT2D eigenvalue weighted by atomic mass is 10.4. The highest BCUT2D eigenvalue weighted by Gasteiger charge is 2.17. The molecule has 6 heteroatoms. The molecule has 0 bridgehead atoms. The van der Waals surface area contributed by atoms with Crippen molar-refractivity contribution in [2.75, 3.05) is 30.7 Å². The molecule has 1 fully saturated rings. The fraction of sp³-hybridized carbons (Fsp3) is 0.571. The maximum atomic E-state index is 11.9. The zero-order valence-corrected chi connectivity index (χ0v) is 12.1. The molecule has 2 heterocycles. The lowest BCUT2D eigenvalue weighted by Crippen LogP contribution is -2.33. The van der Waals surface area contributed by atoms with Crippen molar-refractivity contribution in [3.8, 4) is 5.88 Å². The van der Waals surface area contributed by atoms with Gasteiger partial charge in [-0.3, -0.25) is 4.79 Å². The van der Waals surface area contributed by atoms with E-state index < -0.39 is 0 Å². The molecule has 2 rings (SSSR count). The smallest absolute Gasteiger partial charge is 0.241 e. The summed E-state index contributed by atoms with van der Waals surface area (Å²) in [7, 11) is 0. The van der Waals surface area contributed by atoms with Gasteiger partial charge in [-0.15, -0.1) is 0 Å². The third-order valence-electron chi connectivity index (χ3n) is 3.12. The van der Waals surface area contributed by atoms with Gasteiger partial charge in [0.2, 0.25) is 11.8 Å². The summed E-state index contributed by atoms with van der Waals surface area (Å²) in [5, 5.41) is 3.02. The fourth-order valence-corrected chi connectivity index (χ4v) is 2.11. The lowest BCUT2D eigenvalue weighted by molar-refractivity contribution is -0.128. The summed E-state index contributed by atoms with van der Waals surface area (Å²) < 4.78 is 5.52. The third-order valence-corrected chi connectivity index (χ3v) is 3.12. The first-order chi connectivity index (χ1) is 9.56. The fourth-order valence-electron chi connectivity index (χ4n) is 2.11. The van der Waals surface area contributed by atoms with E-state index in [2.05, 4.69) is 10.3 Å². The van der Waals surface area contributed by atoms with Crippen LogP contribution in [0.15, 0.2) is 12.1 Å². The SMILES string of the molecule is CC(C)Oc1nc(NCC(=O)N2CCCC2)ccc1N. The molecule has 0 radical (unpaired) electrons. The zero-order valence-electron chi connectivity index (χ0n) is 12.1. The van der Waals surface area contributed by atoms with E-state index in [1.165, 1.54) is 0 Å². The van der Waals surface area contributed by atoms with Gasteiger partial charge in [0.05, 0.1) is 18.3 Å². The van der Waals surface area contributed by atoms with Gasteiger partial charge in [0.1, 0.15) is 5.82 Å². The number of carbonyl (C=O) groups is 1. The monoisotopic (exact) mass is 278 g/mol. The average molecular weight is 278 g/mol. The van der Waals surface area contributed by atoms with Crippen molar-refractivity contribution in [3.05, 3.63) is 12.1 Å². The van der Waals surface area contributed by atoms with Gasteiger partial charge in [-0.25, -0.2) is 0 Å².